The third-order valence-corrected chi connectivity index (χ3v) is 15.2. The van der Waals surface area contributed by atoms with Gasteiger partial charge in [-0.05, 0) is 59.4 Å². The van der Waals surface area contributed by atoms with Crippen molar-refractivity contribution in [2.24, 2.45) is 5.41 Å². The number of furan rings is 1. The van der Waals surface area contributed by atoms with Crippen molar-refractivity contribution >= 4 is 50.8 Å². The van der Waals surface area contributed by atoms with Crippen molar-refractivity contribution in [3.05, 3.63) is 162 Å². The van der Waals surface area contributed by atoms with Gasteiger partial charge in [-0.25, -0.2) is 9.37 Å². The number of nitrogens with zero attached hydrogens (tertiary/aromatic N) is 4. The Bertz CT molecular complexity index is 3100. The van der Waals surface area contributed by atoms with Gasteiger partial charge < -0.3 is 8.98 Å². The van der Waals surface area contributed by atoms with Gasteiger partial charge in [0.15, 0.2) is 0 Å². The van der Waals surface area contributed by atoms with Crippen LogP contribution in [0, 0.1) is 23.4 Å². The monoisotopic (exact) mass is 1080 g/mol. The molecule has 0 unspecified atom stereocenters. The number of halogens is 1. The summed E-state index contributed by atoms with van der Waals surface area (Å²) in [6, 6.07) is 45.8. The van der Waals surface area contributed by atoms with Crippen molar-refractivity contribution in [2.75, 3.05) is 0 Å². The quantitative estimate of drug-likeness (QED) is 0.112. The smallest absolute Gasteiger partial charge is 0 e. The van der Waals surface area contributed by atoms with Gasteiger partial charge in [-0.2, -0.15) is 0 Å². The van der Waals surface area contributed by atoms with Crippen molar-refractivity contribution in [2.45, 2.75) is 83.9 Å². The van der Waals surface area contributed by atoms with Crippen LogP contribution in [0.25, 0.3) is 72.7 Å². The zero-order chi connectivity index (χ0) is 45.7. The van der Waals surface area contributed by atoms with Gasteiger partial charge in [-0.15, -0.1) is 18.2 Å². The van der Waals surface area contributed by atoms with E-state index in [0.29, 0.717) is 17.1 Å². The first-order valence-corrected chi connectivity index (χ1v) is 28.8. The van der Waals surface area contributed by atoms with Crippen LogP contribution in [0.2, 0.25) is 17.3 Å². The first-order valence-electron chi connectivity index (χ1n) is 22.4. The molecule has 0 atom stereocenters. The molecule has 0 saturated carbocycles. The Labute approximate surface area is 390 Å². The molecule has 0 amide bonds. The van der Waals surface area contributed by atoms with E-state index in [1.807, 2.05) is 124 Å². The summed E-state index contributed by atoms with van der Waals surface area (Å²) in [6.45, 7) is 14.3. The molecule has 5 nitrogen and oxygen atoms in total. The Morgan fingerprint density at radius 3 is 2.10 bits per heavy atom. The maximum absolute atomic E-state index is 14.9. The van der Waals surface area contributed by atoms with Crippen molar-refractivity contribution in [3.63, 3.8) is 0 Å². The number of hydrogen-bond donors (Lipinski definition) is 0. The number of benzene rings is 5. The maximum atomic E-state index is 14.9. The number of fused-ring (bicyclic) bond motifs is 4. The average Bonchev–Trinajstić information content (AvgIpc) is 3.84. The van der Waals surface area contributed by atoms with Gasteiger partial charge in [0.05, 0.1) is 28.1 Å². The van der Waals surface area contributed by atoms with E-state index in [-0.39, 0.29) is 37.8 Å². The second kappa shape index (κ2) is 18.5. The van der Waals surface area contributed by atoms with Crippen LogP contribution in [-0.4, -0.2) is 32.8 Å². The second-order valence-electron chi connectivity index (χ2n) is 18.6. The predicted octanol–water partition coefficient (Wildman–Crippen LogP) is 14.5. The Morgan fingerprint density at radius 1 is 0.762 bits per heavy atom. The largest absolute Gasteiger partial charge is 0 e. The number of pyridine rings is 2. The fourth-order valence-corrected chi connectivity index (χ4v) is 10.9. The third kappa shape index (κ3) is 9.67. The molecule has 0 aliphatic heterocycles. The molecule has 4 heterocycles. The van der Waals surface area contributed by atoms with E-state index >= 15 is 0 Å². The van der Waals surface area contributed by atoms with Gasteiger partial charge in [-0.1, -0.05) is 81.1 Å². The molecule has 4 aromatic heterocycles. The third-order valence-electron chi connectivity index (χ3n) is 11.0. The van der Waals surface area contributed by atoms with Crippen LogP contribution >= 0.6 is 0 Å². The van der Waals surface area contributed by atoms with E-state index in [4.69, 9.17) is 17.1 Å². The topological polar surface area (TPSA) is 56.7 Å². The maximum Gasteiger partial charge on any atom is 0 e. The molecule has 0 N–H and O–H groups in total. The molecule has 8 heteroatoms. The van der Waals surface area contributed by atoms with Crippen LogP contribution < -0.4 is 4.40 Å². The Hall–Kier alpha value is -5.21. The van der Waals surface area contributed by atoms with Crippen molar-refractivity contribution in [1.29, 1.82) is 0 Å². The molecule has 9 aromatic rings. The molecule has 0 aliphatic rings. The van der Waals surface area contributed by atoms with Crippen LogP contribution in [0.15, 0.2) is 132 Å². The predicted molar refractivity (Wildman–Crippen MR) is 259 cm³/mol. The fourth-order valence-electron chi connectivity index (χ4n) is 8.02. The molecular weight excluding hydrogens is 1020 g/mol. The molecule has 0 fully saturated rings. The van der Waals surface area contributed by atoms with E-state index in [1.54, 1.807) is 12.1 Å². The molecule has 0 aliphatic carbocycles. The molecule has 323 valence electrons. The number of hydrogen-bond acceptors (Lipinski definition) is 4. The van der Waals surface area contributed by atoms with Crippen LogP contribution in [0.4, 0.5) is 4.39 Å². The Balaban J connectivity index is 0.000000225. The average molecular weight is 1070 g/mol. The molecule has 9 rings (SSSR count). The molecule has 0 spiro atoms. The van der Waals surface area contributed by atoms with Crippen LogP contribution in [0.3, 0.4) is 0 Å². The number of aromatic nitrogens is 4. The van der Waals surface area contributed by atoms with Crippen LogP contribution in [-0.2, 0) is 26.5 Å². The first-order chi connectivity index (χ1) is 30.3. The van der Waals surface area contributed by atoms with Crippen molar-refractivity contribution < 1.29 is 31.7 Å². The van der Waals surface area contributed by atoms with Crippen molar-refractivity contribution in [3.8, 4) is 39.6 Å². The summed E-state index contributed by atoms with van der Waals surface area (Å²) in [4.78, 5) is 14.6. The van der Waals surface area contributed by atoms with Crippen LogP contribution in [0.5, 0.6) is 0 Å². The Morgan fingerprint density at radius 2 is 1.44 bits per heavy atom. The van der Waals surface area contributed by atoms with E-state index in [1.165, 1.54) is 0 Å². The SMILES string of the molecule is CC(C)c1cc(F)cc(C(C)C)c1-n1c(-c2[c-]ccc3c2oc2nc(-c4ccccc4)ccc23)nc2ccccc21.[2H]C([2H])(c1cc(-c2[c-]cccc2)nc[c]1[Ge]([CH3])([CH3])[CH3])C(C)(C)C.[Ir]. The second-order valence-corrected chi connectivity index (χ2v) is 29.2. The summed E-state index contributed by atoms with van der Waals surface area (Å²) in [5.41, 5.74) is 10.5. The van der Waals surface area contributed by atoms with E-state index in [9.17, 15) is 4.39 Å². The van der Waals surface area contributed by atoms with Crippen molar-refractivity contribution in [1.82, 2.24) is 19.5 Å². The normalized spacial score (nSPS) is 12.7. The first kappa shape index (κ1) is 43.1. The van der Waals surface area contributed by atoms with Crippen LogP contribution in [0.1, 0.15) is 79.7 Å². The number of rotatable bonds is 8. The summed E-state index contributed by atoms with van der Waals surface area (Å²) >= 11 is -2.24. The minimum Gasteiger partial charge on any atom is 0 e. The summed E-state index contributed by atoms with van der Waals surface area (Å²) in [5, 5.41) is 1.89. The van der Waals surface area contributed by atoms with Gasteiger partial charge in [0.25, 0.3) is 0 Å². The van der Waals surface area contributed by atoms with E-state index < -0.39 is 25.1 Å². The van der Waals surface area contributed by atoms with Gasteiger partial charge in [0, 0.05) is 36.7 Å². The minimum absolute atomic E-state index is 0. The van der Waals surface area contributed by atoms with E-state index in [2.05, 4.69) is 78.8 Å². The summed E-state index contributed by atoms with van der Waals surface area (Å²) in [6.07, 6.45) is 0.502. The molecule has 1 radical (unpaired) electrons. The molecule has 0 bridgehead atoms. The summed E-state index contributed by atoms with van der Waals surface area (Å²) < 4.78 is 42.3. The van der Waals surface area contributed by atoms with Gasteiger partial charge >= 0.3 is 135 Å². The summed E-state index contributed by atoms with van der Waals surface area (Å²) in [7, 11) is 0. The molecule has 63 heavy (non-hydrogen) atoms. The Kier molecular flexibility index (Phi) is 12.6. The van der Waals surface area contributed by atoms with E-state index in [0.717, 1.165) is 76.7 Å². The zero-order valence-electron chi connectivity index (χ0n) is 39.7. The molecular formula is C55H55FGeIrN4O-2. The number of imidazole rings is 1. The number of para-hydroxylation sites is 2. The fraction of sp³-hybridized carbons (Fsp3) is 0.255. The van der Waals surface area contributed by atoms with Gasteiger partial charge in [-0.3, -0.25) is 4.98 Å². The zero-order valence-corrected chi connectivity index (χ0v) is 42.2. The molecule has 5 aromatic carbocycles. The minimum atomic E-state index is -2.24. The molecule has 0 saturated heterocycles. The van der Waals surface area contributed by atoms with Gasteiger partial charge in [0.1, 0.15) is 5.82 Å². The van der Waals surface area contributed by atoms with Gasteiger partial charge in [0.2, 0.25) is 5.71 Å². The summed E-state index contributed by atoms with van der Waals surface area (Å²) in [5.74, 6) is 7.53. The standard InChI is InChI=1S/C36H29FN3O.C19H26GeN.Ir/c1-21(2)28-19-24(37)20-29(22(3)4)33(28)40-32-16-9-8-15-31(32)38-35(40)27-14-10-13-25-26-17-18-30(23-11-6-5-7-12-23)39-36(26)41-34(25)27;1-19(2,3)13-16-12-18(15-10-8-7-9-11-15)21-14-17(16)20(4,5)6;/h5-13,15-22H,1-4H3;7-10,12,14H,13H2,1-6H3;/q2*-1;/i;13D2;.